The molecular weight excluding hydrogens is 455 g/mol. The van der Waals surface area contributed by atoms with E-state index < -0.39 is 60.4 Å². The first-order valence-corrected chi connectivity index (χ1v) is 11.8. The summed E-state index contributed by atoms with van der Waals surface area (Å²) in [6.45, 7) is 8.45. The molecule has 0 N–H and O–H groups in total. The Morgan fingerprint density at radius 1 is 1.39 bits per heavy atom. The largest absolute Gasteiger partial charge is 0.469 e. The summed E-state index contributed by atoms with van der Waals surface area (Å²) in [5, 5.41) is 10.4. The number of hydrogen-bond donors (Lipinski definition) is 0. The van der Waals surface area contributed by atoms with Gasteiger partial charge in [0.15, 0.2) is 9.84 Å². The minimum absolute atomic E-state index is 0.0646. The van der Waals surface area contributed by atoms with Gasteiger partial charge in [-0.05, 0) is 39.6 Å². The molecule has 3 rings (SSSR count). The van der Waals surface area contributed by atoms with Crippen LogP contribution in [0.3, 0.4) is 0 Å². The highest BCUT2D eigenvalue weighted by atomic mass is 32.2. The molecule has 2 atom stereocenters. The number of ether oxygens (including phenoxy) is 2. The van der Waals surface area contributed by atoms with Gasteiger partial charge < -0.3 is 9.47 Å². The Morgan fingerprint density at radius 3 is 2.70 bits per heavy atom. The molecule has 1 fully saturated rings. The maximum atomic E-state index is 14.4. The lowest BCUT2D eigenvalue weighted by Crippen LogP contribution is -2.39. The molecule has 1 saturated heterocycles. The van der Waals surface area contributed by atoms with E-state index in [1.165, 1.54) is 19.1 Å². The lowest BCUT2D eigenvalue weighted by molar-refractivity contribution is -0.387. The van der Waals surface area contributed by atoms with Crippen molar-refractivity contribution >= 4 is 22.2 Å². The Bertz CT molecular complexity index is 1170. The van der Waals surface area contributed by atoms with Crippen LogP contribution in [0, 0.1) is 22.9 Å². The predicted molar refractivity (Wildman–Crippen MR) is 118 cm³/mol. The van der Waals surface area contributed by atoms with E-state index in [4.69, 9.17) is 9.47 Å². The molecule has 178 valence electrons. The molecule has 0 amide bonds. The molecule has 0 bridgehead atoms. The number of aromatic nitrogens is 2. The summed E-state index contributed by atoms with van der Waals surface area (Å²) >= 11 is 0. The third-order valence-corrected chi connectivity index (χ3v) is 7.29. The summed E-state index contributed by atoms with van der Waals surface area (Å²) in [7, 11) is -4.47. The predicted octanol–water partition coefficient (Wildman–Crippen LogP) is 3.38. The number of aryl methyl sites for hydroxylation is 1. The van der Waals surface area contributed by atoms with Gasteiger partial charge >= 0.3 is 5.69 Å². The quantitative estimate of drug-likeness (QED) is 0.319. The second-order valence-electron chi connectivity index (χ2n) is 8.28. The van der Waals surface area contributed by atoms with Crippen LogP contribution in [0.2, 0.25) is 0 Å². The van der Waals surface area contributed by atoms with Gasteiger partial charge in [0.05, 0.1) is 23.7 Å². The Balaban J connectivity index is 2.15. The highest BCUT2D eigenvalue weighted by Crippen LogP contribution is 2.39. The van der Waals surface area contributed by atoms with E-state index >= 15 is 0 Å². The fourth-order valence-corrected chi connectivity index (χ4v) is 5.43. The first-order chi connectivity index (χ1) is 15.5. The number of nitrogens with zero attached hydrogens (tertiary/aromatic N) is 4. The van der Waals surface area contributed by atoms with E-state index in [2.05, 4.69) is 21.7 Å². The van der Waals surface area contributed by atoms with Gasteiger partial charge in [-0.15, -0.1) is 0 Å². The van der Waals surface area contributed by atoms with Gasteiger partial charge in [0.2, 0.25) is 0 Å². The highest BCUT2D eigenvalue weighted by molar-refractivity contribution is 7.91. The maximum absolute atomic E-state index is 14.4. The van der Waals surface area contributed by atoms with Crippen LogP contribution in [0.25, 0.3) is 0 Å². The second-order valence-corrected chi connectivity index (χ2v) is 10.4. The van der Waals surface area contributed by atoms with Crippen molar-refractivity contribution in [3.05, 3.63) is 51.7 Å². The third-order valence-electron chi connectivity index (χ3n) is 5.22. The van der Waals surface area contributed by atoms with Crippen LogP contribution in [0.4, 0.5) is 10.1 Å². The van der Waals surface area contributed by atoms with Crippen LogP contribution < -0.4 is 4.74 Å². The van der Waals surface area contributed by atoms with Crippen LogP contribution in [-0.2, 0) is 14.6 Å². The van der Waals surface area contributed by atoms with Crippen LogP contribution >= 0.6 is 0 Å². The third kappa shape index (κ3) is 5.33. The van der Waals surface area contributed by atoms with Gasteiger partial charge in [-0.3, -0.25) is 15.1 Å². The molecule has 0 radical (unpaired) electrons. The average Bonchev–Trinajstić information content (AvgIpc) is 2.70. The molecule has 1 aliphatic heterocycles. The van der Waals surface area contributed by atoms with E-state index in [1.54, 1.807) is 0 Å². The number of hydrogen-bond acceptors (Lipinski definition) is 9. The van der Waals surface area contributed by atoms with E-state index in [0.29, 0.717) is 19.4 Å². The molecule has 0 spiro atoms. The molecule has 33 heavy (non-hydrogen) atoms. The number of nitro groups is 1. The summed E-state index contributed by atoms with van der Waals surface area (Å²) in [6, 6.07) is 4.78. The van der Waals surface area contributed by atoms with E-state index in [-0.39, 0.29) is 11.7 Å². The molecule has 1 aliphatic rings. The SMILES string of the molecule is C=NCC(c1nc(C)nc(OC2CCOC(C)(C)C2)c1[N+](=O)[O-])S(=O)(=O)c1ccccc1F. The standard InChI is InChI=1S/C21H25FN4O6S/c1-13-24-18(17(12-23-4)33(29,30)16-8-6-5-7-15(16)22)19(26(27)28)20(25-13)32-14-9-10-31-21(2,3)11-14/h5-8,14,17H,4,9-12H2,1-3H3. The van der Waals surface area contributed by atoms with Gasteiger partial charge in [-0.2, -0.15) is 4.98 Å². The van der Waals surface area contributed by atoms with Crippen LogP contribution in [0.1, 0.15) is 43.5 Å². The first kappa shape index (κ1) is 24.6. The van der Waals surface area contributed by atoms with Crippen LogP contribution in [0.15, 0.2) is 34.2 Å². The van der Waals surface area contributed by atoms with Gasteiger partial charge in [0.1, 0.15) is 33.6 Å². The summed E-state index contributed by atoms with van der Waals surface area (Å²) in [4.78, 5) is 22.5. The second kappa shape index (κ2) is 9.48. The zero-order valence-electron chi connectivity index (χ0n) is 18.5. The monoisotopic (exact) mass is 480 g/mol. The molecule has 2 heterocycles. The topological polar surface area (TPSA) is 134 Å². The first-order valence-electron chi connectivity index (χ1n) is 10.2. The molecule has 2 unspecified atom stereocenters. The molecule has 10 nitrogen and oxygen atoms in total. The number of halogens is 1. The van der Waals surface area contributed by atoms with Crippen molar-refractivity contribution in [3.8, 4) is 5.88 Å². The smallest absolute Gasteiger partial charge is 0.353 e. The zero-order valence-corrected chi connectivity index (χ0v) is 19.3. The summed E-state index contributed by atoms with van der Waals surface area (Å²) in [5.74, 6) is -1.27. The summed E-state index contributed by atoms with van der Waals surface area (Å²) in [5.41, 5.74) is -1.62. The highest BCUT2D eigenvalue weighted by Gasteiger charge is 2.41. The van der Waals surface area contributed by atoms with Crippen molar-refractivity contribution < 1.29 is 27.2 Å². The number of benzene rings is 1. The lowest BCUT2D eigenvalue weighted by atomic mass is 9.96. The van der Waals surface area contributed by atoms with E-state index in [9.17, 15) is 22.9 Å². The fourth-order valence-electron chi connectivity index (χ4n) is 3.75. The molecule has 12 heteroatoms. The van der Waals surface area contributed by atoms with E-state index in [1.807, 2.05) is 13.8 Å². The Kier molecular flexibility index (Phi) is 7.08. The van der Waals surface area contributed by atoms with Crippen molar-refractivity contribution in [3.63, 3.8) is 0 Å². The maximum Gasteiger partial charge on any atom is 0.353 e. The molecule has 0 aliphatic carbocycles. The van der Waals surface area contributed by atoms with Crippen molar-refractivity contribution in [2.75, 3.05) is 13.2 Å². The van der Waals surface area contributed by atoms with E-state index in [0.717, 1.165) is 12.1 Å². The van der Waals surface area contributed by atoms with Crippen LogP contribution in [0.5, 0.6) is 5.88 Å². The van der Waals surface area contributed by atoms with Crippen molar-refractivity contribution in [1.29, 1.82) is 0 Å². The van der Waals surface area contributed by atoms with Gasteiger partial charge in [-0.1, -0.05) is 12.1 Å². The Morgan fingerprint density at radius 2 is 2.09 bits per heavy atom. The Labute approximate surface area is 191 Å². The normalized spacial score (nSPS) is 19.0. The number of sulfone groups is 1. The minimum Gasteiger partial charge on any atom is -0.469 e. The lowest BCUT2D eigenvalue weighted by Gasteiger charge is -2.35. The summed E-state index contributed by atoms with van der Waals surface area (Å²) < 4.78 is 52.6. The molecule has 1 aromatic carbocycles. The Hall–Kier alpha value is -2.99. The van der Waals surface area contributed by atoms with Gasteiger partial charge in [0, 0.05) is 12.8 Å². The molecular formula is C21H25FN4O6S. The molecule has 1 aromatic heterocycles. The van der Waals surface area contributed by atoms with Gasteiger partial charge in [0.25, 0.3) is 5.88 Å². The average molecular weight is 481 g/mol. The number of rotatable bonds is 8. The summed E-state index contributed by atoms with van der Waals surface area (Å²) in [6.07, 6.45) is 0.492. The van der Waals surface area contributed by atoms with Crippen molar-refractivity contribution in [1.82, 2.24) is 9.97 Å². The number of aliphatic imine (C=N–C) groups is 1. The van der Waals surface area contributed by atoms with Crippen molar-refractivity contribution in [2.24, 2.45) is 4.99 Å². The molecule has 0 saturated carbocycles. The molecule has 2 aromatic rings. The van der Waals surface area contributed by atoms with Crippen LogP contribution in [-0.4, -0.2) is 54.9 Å². The zero-order chi connectivity index (χ0) is 24.4. The minimum atomic E-state index is -4.47. The fraction of sp³-hybridized carbons (Fsp3) is 0.476. The van der Waals surface area contributed by atoms with Gasteiger partial charge in [-0.25, -0.2) is 17.8 Å². The van der Waals surface area contributed by atoms with Crippen molar-refractivity contribution in [2.45, 2.75) is 55.5 Å².